The van der Waals surface area contributed by atoms with Crippen molar-refractivity contribution in [1.82, 2.24) is 14.1 Å². The number of nitrogens with zero attached hydrogens (tertiary/aromatic N) is 2. The summed E-state index contributed by atoms with van der Waals surface area (Å²) in [4.78, 5) is 12.2. The minimum Gasteiger partial charge on any atom is -0.497 e. The van der Waals surface area contributed by atoms with Crippen LogP contribution < -0.4 is 15.0 Å². The Morgan fingerprint density at radius 1 is 0.788 bits per heavy atom. The summed E-state index contributed by atoms with van der Waals surface area (Å²) in [6.45, 7) is 0. The number of ether oxygens (including phenoxy) is 2. The zero-order valence-electron chi connectivity index (χ0n) is 17.5. The van der Waals surface area contributed by atoms with Crippen molar-refractivity contribution in [1.29, 1.82) is 0 Å². The fraction of sp³-hybridized carbons (Fsp3) is 0.150. The molecule has 13 heteroatoms. The minimum absolute atomic E-state index is 0.229. The van der Waals surface area contributed by atoms with Crippen molar-refractivity contribution < 1.29 is 36.3 Å². The molecule has 176 valence electrons. The number of hydrogen-bond donors (Lipinski definition) is 2. The van der Waals surface area contributed by atoms with E-state index in [-0.39, 0.29) is 9.79 Å². The van der Waals surface area contributed by atoms with Gasteiger partial charge >= 0.3 is 0 Å². The molecule has 0 aliphatic carbocycles. The highest BCUT2D eigenvalue weighted by Gasteiger charge is 2.42. The Bertz CT molecular complexity index is 1180. The lowest BCUT2D eigenvalue weighted by atomic mass is 10.3. The molecular formula is C20H21N3O8S2. The summed E-state index contributed by atoms with van der Waals surface area (Å²) in [5.41, 5.74) is 1.35. The Labute approximate surface area is 191 Å². The number of hydrogen-bond acceptors (Lipinski definition) is 8. The first-order valence-electron chi connectivity index (χ1n) is 9.31. The number of hydroxylamine groups is 1. The van der Waals surface area contributed by atoms with Crippen molar-refractivity contribution in [2.45, 2.75) is 16.0 Å². The lowest BCUT2D eigenvalue weighted by Crippen LogP contribution is -2.55. The van der Waals surface area contributed by atoms with Crippen LogP contribution in [0.25, 0.3) is 0 Å². The molecule has 0 saturated heterocycles. The summed E-state index contributed by atoms with van der Waals surface area (Å²) in [6, 6.07) is 10.6. The number of carbonyl (C=O) groups excluding carboxylic acids is 1. The van der Waals surface area contributed by atoms with Gasteiger partial charge in [0.1, 0.15) is 11.5 Å². The Hall–Kier alpha value is -3.55. The molecular weight excluding hydrogens is 474 g/mol. The molecule has 11 nitrogen and oxygen atoms in total. The third-order valence-electron chi connectivity index (χ3n) is 4.67. The Balaban J connectivity index is 2.12. The van der Waals surface area contributed by atoms with E-state index in [2.05, 4.69) is 0 Å². The lowest BCUT2D eigenvalue weighted by Gasteiger charge is -2.34. The third-order valence-corrected chi connectivity index (χ3v) is 8.16. The van der Waals surface area contributed by atoms with Crippen LogP contribution >= 0.6 is 0 Å². The second-order valence-corrected chi connectivity index (χ2v) is 10.2. The molecule has 0 unspecified atom stereocenters. The van der Waals surface area contributed by atoms with Gasteiger partial charge in [0.05, 0.1) is 24.0 Å². The number of carbonyl (C=O) groups is 1. The van der Waals surface area contributed by atoms with Crippen molar-refractivity contribution in [3.05, 3.63) is 73.1 Å². The van der Waals surface area contributed by atoms with Crippen molar-refractivity contribution in [3.63, 3.8) is 0 Å². The van der Waals surface area contributed by atoms with E-state index in [1.54, 1.807) is 0 Å². The SMILES string of the molecule is COc1ccc(S(=O)(=O)N2C=CC=CN(S(=O)(=O)c3ccc(OC)cc3)C2C(=O)NO)cc1. The molecule has 2 aromatic rings. The lowest BCUT2D eigenvalue weighted by molar-refractivity contribution is -0.135. The summed E-state index contributed by atoms with van der Waals surface area (Å²) in [5.74, 6) is -0.494. The highest BCUT2D eigenvalue weighted by atomic mass is 32.2. The maximum Gasteiger partial charge on any atom is 0.288 e. The van der Waals surface area contributed by atoms with Gasteiger partial charge in [0.25, 0.3) is 26.0 Å². The molecule has 33 heavy (non-hydrogen) atoms. The van der Waals surface area contributed by atoms with Crippen molar-refractivity contribution in [2.24, 2.45) is 0 Å². The van der Waals surface area contributed by atoms with Crippen LogP contribution in [-0.4, -0.2) is 56.9 Å². The van der Waals surface area contributed by atoms with Crippen LogP contribution in [0.4, 0.5) is 0 Å². The fourth-order valence-corrected chi connectivity index (χ4v) is 5.88. The van der Waals surface area contributed by atoms with Gasteiger partial charge in [0, 0.05) is 12.4 Å². The molecule has 0 bridgehead atoms. The largest absolute Gasteiger partial charge is 0.497 e. The molecule has 0 fully saturated rings. The van der Waals surface area contributed by atoms with E-state index in [0.717, 1.165) is 12.4 Å². The van der Waals surface area contributed by atoms with Gasteiger partial charge in [-0.1, -0.05) is 0 Å². The maximum atomic E-state index is 13.4. The van der Waals surface area contributed by atoms with E-state index in [9.17, 15) is 26.8 Å². The highest BCUT2D eigenvalue weighted by Crippen LogP contribution is 2.29. The van der Waals surface area contributed by atoms with E-state index < -0.39 is 32.1 Å². The summed E-state index contributed by atoms with van der Waals surface area (Å²) in [7, 11) is -6.07. The number of nitrogens with one attached hydrogen (secondary N) is 1. The number of methoxy groups -OCH3 is 2. The molecule has 1 aliphatic heterocycles. The van der Waals surface area contributed by atoms with Crippen molar-refractivity contribution in [2.75, 3.05) is 14.2 Å². The third kappa shape index (κ3) is 4.65. The summed E-state index contributed by atoms with van der Waals surface area (Å²) < 4.78 is 64.6. The predicted molar refractivity (Wildman–Crippen MR) is 116 cm³/mol. The van der Waals surface area contributed by atoms with Crippen LogP contribution in [0.15, 0.2) is 82.9 Å². The Morgan fingerprint density at radius 2 is 1.15 bits per heavy atom. The molecule has 2 aromatic carbocycles. The Kier molecular flexibility index (Phi) is 6.95. The average molecular weight is 496 g/mol. The van der Waals surface area contributed by atoms with Crippen LogP contribution in [0.3, 0.4) is 0 Å². The van der Waals surface area contributed by atoms with Crippen LogP contribution in [-0.2, 0) is 24.8 Å². The molecule has 0 saturated carbocycles. The van der Waals surface area contributed by atoms with Gasteiger partial charge in [0.2, 0.25) is 6.17 Å². The quantitative estimate of drug-likeness (QED) is 0.432. The summed E-state index contributed by atoms with van der Waals surface area (Å²) >= 11 is 0. The first-order valence-corrected chi connectivity index (χ1v) is 12.2. The van der Waals surface area contributed by atoms with Gasteiger partial charge in [-0.2, -0.15) is 0 Å². The molecule has 0 radical (unpaired) electrons. The summed E-state index contributed by atoms with van der Waals surface area (Å²) in [5, 5.41) is 9.30. The van der Waals surface area contributed by atoms with Gasteiger partial charge in [-0.15, -0.1) is 0 Å². The first kappa shape index (κ1) is 24.1. The summed E-state index contributed by atoms with van der Waals surface area (Å²) in [6.07, 6.45) is 2.55. The van der Waals surface area contributed by atoms with E-state index >= 15 is 0 Å². The van der Waals surface area contributed by atoms with E-state index in [1.165, 1.54) is 80.4 Å². The monoisotopic (exact) mass is 495 g/mol. The molecule has 1 amide bonds. The van der Waals surface area contributed by atoms with Crippen molar-refractivity contribution in [3.8, 4) is 11.5 Å². The van der Waals surface area contributed by atoms with Crippen LogP contribution in [0.2, 0.25) is 0 Å². The van der Waals surface area contributed by atoms with Crippen LogP contribution in [0.5, 0.6) is 11.5 Å². The van der Waals surface area contributed by atoms with Gasteiger partial charge in [-0.25, -0.2) is 30.9 Å². The maximum absolute atomic E-state index is 13.4. The first-order chi connectivity index (χ1) is 15.7. The zero-order chi connectivity index (χ0) is 24.2. The second-order valence-electron chi connectivity index (χ2n) is 6.55. The standard InChI is InChI=1S/C20H21N3O8S2/c1-30-15-5-9-17(10-6-15)32(26,27)22-13-3-4-14-23(20(22)19(24)21-25)33(28,29)18-11-7-16(31-2)8-12-18/h3-14,20,25H,1-2H3,(H,21,24). The van der Waals surface area contributed by atoms with Crippen molar-refractivity contribution >= 4 is 26.0 Å². The zero-order valence-corrected chi connectivity index (χ0v) is 19.2. The number of benzene rings is 2. The minimum atomic E-state index is -4.45. The Morgan fingerprint density at radius 3 is 1.45 bits per heavy atom. The van der Waals surface area contributed by atoms with Gasteiger partial charge in [-0.3, -0.25) is 10.0 Å². The normalized spacial score (nSPS) is 14.6. The van der Waals surface area contributed by atoms with Crippen LogP contribution in [0.1, 0.15) is 0 Å². The van der Waals surface area contributed by atoms with Gasteiger partial charge < -0.3 is 9.47 Å². The number of rotatable bonds is 7. The molecule has 0 atom stereocenters. The molecule has 1 aliphatic rings. The topological polar surface area (TPSA) is 143 Å². The molecule has 1 heterocycles. The molecule has 0 aromatic heterocycles. The van der Waals surface area contributed by atoms with Gasteiger partial charge in [0.15, 0.2) is 0 Å². The number of sulfonamides is 2. The highest BCUT2D eigenvalue weighted by molar-refractivity contribution is 7.90. The van der Waals surface area contributed by atoms with Crippen LogP contribution in [0, 0.1) is 0 Å². The average Bonchev–Trinajstić information content (AvgIpc) is 3.08. The molecule has 2 N–H and O–H groups in total. The molecule has 3 rings (SSSR count). The molecule has 0 spiro atoms. The predicted octanol–water partition coefficient (Wildman–Crippen LogP) is 1.26. The number of amides is 1. The van der Waals surface area contributed by atoms with E-state index in [4.69, 9.17) is 9.47 Å². The van der Waals surface area contributed by atoms with E-state index in [0.29, 0.717) is 20.1 Å². The van der Waals surface area contributed by atoms with Gasteiger partial charge in [-0.05, 0) is 60.7 Å². The smallest absolute Gasteiger partial charge is 0.288 e. The number of allylic oxidation sites excluding steroid dienone is 2. The van der Waals surface area contributed by atoms with E-state index in [1.807, 2.05) is 0 Å². The fourth-order valence-electron chi connectivity index (χ4n) is 3.00. The second kappa shape index (κ2) is 9.52.